The Hall–Kier alpha value is -1.93. The molecule has 26 heavy (non-hydrogen) atoms. The topological polar surface area (TPSA) is 101 Å². The van der Waals surface area contributed by atoms with Gasteiger partial charge in [0.05, 0.1) is 22.0 Å². The Balaban J connectivity index is 1.95. The highest BCUT2D eigenvalue weighted by Crippen LogP contribution is 2.46. The average Bonchev–Trinajstić information content (AvgIpc) is 2.83. The minimum absolute atomic E-state index is 0.0535. The fourth-order valence-corrected chi connectivity index (χ4v) is 3.95. The Labute approximate surface area is 159 Å². The largest absolute Gasteiger partial charge is 0.375 e. The minimum Gasteiger partial charge on any atom is -0.375 e. The second-order valence-electron chi connectivity index (χ2n) is 5.99. The summed E-state index contributed by atoms with van der Waals surface area (Å²) in [4.78, 5) is 24.9. The molecule has 0 saturated carbocycles. The van der Waals surface area contributed by atoms with Gasteiger partial charge in [-0.1, -0.05) is 35.3 Å². The zero-order valence-electron chi connectivity index (χ0n) is 13.4. The first-order valence-corrected chi connectivity index (χ1v) is 10.0. The van der Waals surface area contributed by atoms with Crippen LogP contribution in [0.5, 0.6) is 0 Å². The number of hydrogen-bond donors (Lipinski definition) is 2. The maximum absolute atomic E-state index is 12.6. The van der Waals surface area contributed by atoms with Gasteiger partial charge in [0.15, 0.2) is 21.2 Å². The Morgan fingerprint density at radius 3 is 2.27 bits per heavy atom. The molecule has 2 aromatic rings. The summed E-state index contributed by atoms with van der Waals surface area (Å²) in [7, 11) is -3.40. The predicted octanol–water partition coefficient (Wildman–Crippen LogP) is 2.81. The van der Waals surface area contributed by atoms with E-state index in [4.69, 9.17) is 23.2 Å². The third-order valence-electron chi connectivity index (χ3n) is 4.15. The number of nitrogens with one attached hydrogen (secondary N) is 1. The van der Waals surface area contributed by atoms with Gasteiger partial charge in [-0.2, -0.15) is 0 Å². The van der Waals surface area contributed by atoms with Crippen LogP contribution in [0.4, 0.5) is 5.69 Å². The lowest BCUT2D eigenvalue weighted by Crippen LogP contribution is -2.36. The SMILES string of the molecule is CS(=O)(=O)c1ccc(C(=O)C[C@@]2(O)C(=O)Nc3c(Cl)ccc(Cl)c32)cc1. The Morgan fingerprint density at radius 2 is 1.69 bits per heavy atom. The van der Waals surface area contributed by atoms with Crippen molar-refractivity contribution in [3.05, 3.63) is 57.6 Å². The third-order valence-corrected chi connectivity index (χ3v) is 5.91. The molecule has 0 saturated heterocycles. The number of fused-ring (bicyclic) bond motifs is 1. The van der Waals surface area contributed by atoms with Crippen LogP contribution in [0.1, 0.15) is 22.3 Å². The van der Waals surface area contributed by atoms with Crippen LogP contribution in [-0.2, 0) is 20.2 Å². The molecule has 6 nitrogen and oxygen atoms in total. The number of benzene rings is 2. The van der Waals surface area contributed by atoms with Crippen molar-refractivity contribution < 1.29 is 23.1 Å². The molecule has 0 radical (unpaired) electrons. The van der Waals surface area contributed by atoms with Crippen LogP contribution < -0.4 is 5.32 Å². The first-order chi connectivity index (χ1) is 12.0. The number of carbonyl (C=O) groups excluding carboxylic acids is 2. The molecule has 1 aliphatic heterocycles. The molecule has 2 aromatic carbocycles. The van der Waals surface area contributed by atoms with E-state index in [9.17, 15) is 23.1 Å². The summed E-state index contributed by atoms with van der Waals surface area (Å²) < 4.78 is 23.0. The van der Waals surface area contributed by atoms with E-state index in [0.29, 0.717) is 0 Å². The molecule has 3 rings (SSSR count). The normalized spacial score (nSPS) is 19.2. The van der Waals surface area contributed by atoms with Gasteiger partial charge >= 0.3 is 0 Å². The molecule has 0 aromatic heterocycles. The number of hydrogen-bond acceptors (Lipinski definition) is 5. The Morgan fingerprint density at radius 1 is 1.12 bits per heavy atom. The standard InChI is InChI=1S/C17H13Cl2NO5S/c1-26(24,25)10-4-2-9(3-5-10)13(21)8-17(23)14-11(18)6-7-12(19)15(14)20-16(17)22/h2-7,23H,8H2,1H3,(H,20,22)/t17-/m0/s1. The Kier molecular flexibility index (Phi) is 4.60. The number of ketones is 1. The summed E-state index contributed by atoms with van der Waals surface area (Å²) in [5.74, 6) is -1.35. The summed E-state index contributed by atoms with van der Waals surface area (Å²) in [6, 6.07) is 8.14. The van der Waals surface area contributed by atoms with Crippen molar-refractivity contribution in [2.24, 2.45) is 0 Å². The third kappa shape index (κ3) is 3.12. The van der Waals surface area contributed by atoms with E-state index < -0.39 is 33.5 Å². The summed E-state index contributed by atoms with van der Waals surface area (Å²) >= 11 is 12.1. The minimum atomic E-state index is -3.40. The molecule has 1 atom stereocenters. The number of rotatable bonds is 4. The van der Waals surface area contributed by atoms with E-state index in [1.807, 2.05) is 0 Å². The lowest BCUT2D eigenvalue weighted by atomic mass is 9.88. The number of Topliss-reactive ketones (excluding diaryl/α,β-unsaturated/α-hetero) is 1. The molecule has 136 valence electrons. The summed E-state index contributed by atoms with van der Waals surface area (Å²) in [5, 5.41) is 13.6. The van der Waals surface area contributed by atoms with E-state index >= 15 is 0 Å². The molecule has 0 aliphatic carbocycles. The van der Waals surface area contributed by atoms with Gasteiger partial charge in [-0.05, 0) is 24.3 Å². The van der Waals surface area contributed by atoms with Crippen LogP contribution in [0.25, 0.3) is 0 Å². The van der Waals surface area contributed by atoms with Gasteiger partial charge < -0.3 is 10.4 Å². The van der Waals surface area contributed by atoms with Crippen LogP contribution in [-0.4, -0.2) is 31.5 Å². The van der Waals surface area contributed by atoms with E-state index in [0.717, 1.165) is 6.26 Å². The molecule has 1 amide bonds. The summed E-state index contributed by atoms with van der Waals surface area (Å²) in [6.07, 6.45) is 0.488. The molecule has 0 fully saturated rings. The van der Waals surface area contributed by atoms with Gasteiger partial charge in [-0.3, -0.25) is 9.59 Å². The lowest BCUT2D eigenvalue weighted by molar-refractivity contribution is -0.133. The zero-order valence-corrected chi connectivity index (χ0v) is 15.7. The number of anilines is 1. The lowest BCUT2D eigenvalue weighted by Gasteiger charge is -2.21. The molecular weight excluding hydrogens is 401 g/mol. The van der Waals surface area contributed by atoms with Crippen LogP contribution in [0.15, 0.2) is 41.3 Å². The van der Waals surface area contributed by atoms with Crippen LogP contribution in [0.2, 0.25) is 10.0 Å². The molecule has 1 aliphatic rings. The maximum atomic E-state index is 12.6. The van der Waals surface area contributed by atoms with Gasteiger partial charge in [-0.15, -0.1) is 0 Å². The molecule has 0 unspecified atom stereocenters. The summed E-state index contributed by atoms with van der Waals surface area (Å²) in [6.45, 7) is 0. The van der Waals surface area contributed by atoms with E-state index in [1.165, 1.54) is 36.4 Å². The van der Waals surface area contributed by atoms with Crippen molar-refractivity contribution in [2.45, 2.75) is 16.9 Å². The highest BCUT2D eigenvalue weighted by molar-refractivity contribution is 7.90. The van der Waals surface area contributed by atoms with Crippen LogP contribution in [0, 0.1) is 0 Å². The number of sulfone groups is 1. The van der Waals surface area contributed by atoms with E-state index in [2.05, 4.69) is 5.32 Å². The van der Waals surface area contributed by atoms with Gasteiger partial charge in [0.1, 0.15) is 0 Å². The van der Waals surface area contributed by atoms with E-state index in [1.54, 1.807) is 0 Å². The molecule has 0 bridgehead atoms. The first kappa shape index (κ1) is 18.8. The van der Waals surface area contributed by atoms with Crippen molar-refractivity contribution in [1.82, 2.24) is 0 Å². The fourth-order valence-electron chi connectivity index (χ4n) is 2.80. The van der Waals surface area contributed by atoms with Crippen molar-refractivity contribution in [2.75, 3.05) is 11.6 Å². The maximum Gasteiger partial charge on any atom is 0.261 e. The zero-order chi connectivity index (χ0) is 19.3. The van der Waals surface area contributed by atoms with Gasteiger partial charge in [0.25, 0.3) is 5.91 Å². The van der Waals surface area contributed by atoms with Gasteiger partial charge in [0, 0.05) is 22.4 Å². The predicted molar refractivity (Wildman–Crippen MR) is 97.5 cm³/mol. The number of aliphatic hydroxyl groups is 1. The highest BCUT2D eigenvalue weighted by Gasteiger charge is 2.49. The fraction of sp³-hybridized carbons (Fsp3) is 0.176. The highest BCUT2D eigenvalue weighted by atomic mass is 35.5. The quantitative estimate of drug-likeness (QED) is 0.750. The Bertz CT molecular complexity index is 1030. The number of halogens is 2. The average molecular weight is 414 g/mol. The number of amides is 1. The van der Waals surface area contributed by atoms with Crippen LogP contribution in [0.3, 0.4) is 0 Å². The van der Waals surface area contributed by atoms with Gasteiger partial charge in [-0.25, -0.2) is 8.42 Å². The first-order valence-electron chi connectivity index (χ1n) is 7.39. The second kappa shape index (κ2) is 6.35. The number of carbonyl (C=O) groups is 2. The smallest absolute Gasteiger partial charge is 0.261 e. The monoisotopic (exact) mass is 413 g/mol. The van der Waals surface area contributed by atoms with Crippen molar-refractivity contribution >= 4 is 50.4 Å². The second-order valence-corrected chi connectivity index (χ2v) is 8.82. The molecule has 2 N–H and O–H groups in total. The van der Waals surface area contributed by atoms with Crippen molar-refractivity contribution in [1.29, 1.82) is 0 Å². The molecule has 0 spiro atoms. The van der Waals surface area contributed by atoms with Gasteiger partial charge in [0.2, 0.25) is 0 Å². The van der Waals surface area contributed by atoms with Crippen molar-refractivity contribution in [3.8, 4) is 0 Å². The van der Waals surface area contributed by atoms with E-state index in [-0.39, 0.29) is 31.8 Å². The molecular formula is C17H13Cl2NO5S. The molecule has 9 heteroatoms. The molecule has 1 heterocycles. The summed E-state index contributed by atoms with van der Waals surface area (Å²) in [5.41, 5.74) is -1.78. The van der Waals surface area contributed by atoms with Crippen LogP contribution >= 0.6 is 23.2 Å². The van der Waals surface area contributed by atoms with Crippen molar-refractivity contribution in [3.63, 3.8) is 0 Å².